The number of esters is 1. The molecule has 2 aromatic rings. The number of hydrogen-bond acceptors (Lipinski definition) is 5. The summed E-state index contributed by atoms with van der Waals surface area (Å²) >= 11 is 3.28. The summed E-state index contributed by atoms with van der Waals surface area (Å²) in [4.78, 5) is 19.2. The van der Waals surface area contributed by atoms with Crippen LogP contribution in [0.5, 0.6) is 0 Å². The minimum atomic E-state index is -0.574. The molecule has 1 aromatic heterocycles. The highest BCUT2D eigenvalue weighted by Crippen LogP contribution is 2.16. The van der Waals surface area contributed by atoms with Crippen molar-refractivity contribution in [3.8, 4) is 0 Å². The van der Waals surface area contributed by atoms with Crippen molar-refractivity contribution in [2.45, 2.75) is 6.54 Å². The second kappa shape index (κ2) is 6.42. The van der Waals surface area contributed by atoms with E-state index in [1.807, 2.05) is 0 Å². The van der Waals surface area contributed by atoms with Crippen LogP contribution in [0.3, 0.4) is 0 Å². The van der Waals surface area contributed by atoms with Crippen LogP contribution >= 0.6 is 15.9 Å². The second-order valence-corrected chi connectivity index (χ2v) is 4.79. The molecule has 0 radical (unpaired) electrons. The first kappa shape index (κ1) is 14.4. The van der Waals surface area contributed by atoms with Gasteiger partial charge in [-0.3, -0.25) is 4.98 Å². The molecule has 104 valence electrons. The lowest BCUT2D eigenvalue weighted by atomic mass is 10.2. The number of methoxy groups -OCH3 is 1. The quantitative estimate of drug-likeness (QED) is 0.867. The van der Waals surface area contributed by atoms with Crippen LogP contribution in [0.4, 0.5) is 10.2 Å². The summed E-state index contributed by atoms with van der Waals surface area (Å²) in [6, 6.07) is 4.66. The summed E-state index contributed by atoms with van der Waals surface area (Å²) in [7, 11) is 1.26. The highest BCUT2D eigenvalue weighted by atomic mass is 79.9. The predicted molar refractivity (Wildman–Crippen MR) is 74.8 cm³/mol. The number of carbonyl (C=O) groups excluding carboxylic acids is 1. The van der Waals surface area contributed by atoms with Gasteiger partial charge in [-0.15, -0.1) is 0 Å². The molecule has 0 aliphatic carbocycles. The number of benzene rings is 1. The Balaban J connectivity index is 2.11. The number of aromatic nitrogens is 2. The molecule has 0 amide bonds. The molecule has 0 unspecified atom stereocenters. The lowest BCUT2D eigenvalue weighted by Gasteiger charge is -2.07. The fraction of sp³-hybridized carbons (Fsp3) is 0.154. The van der Waals surface area contributed by atoms with E-state index in [1.165, 1.54) is 25.6 Å². The van der Waals surface area contributed by atoms with Gasteiger partial charge in [0.15, 0.2) is 5.69 Å². The SMILES string of the molecule is COC(=O)c1cncc(NCc2cc(Br)ccc2F)n1. The van der Waals surface area contributed by atoms with Crippen LogP contribution in [-0.2, 0) is 11.3 Å². The zero-order chi connectivity index (χ0) is 14.5. The summed E-state index contributed by atoms with van der Waals surface area (Å²) in [5, 5.41) is 2.91. The smallest absolute Gasteiger partial charge is 0.358 e. The van der Waals surface area contributed by atoms with Gasteiger partial charge in [0.1, 0.15) is 11.6 Å². The molecule has 0 bridgehead atoms. The zero-order valence-corrected chi connectivity index (χ0v) is 12.1. The molecule has 0 saturated heterocycles. The predicted octanol–water partition coefficient (Wildman–Crippen LogP) is 2.78. The Kier molecular flexibility index (Phi) is 4.62. The molecule has 7 heteroatoms. The number of carbonyl (C=O) groups is 1. The Bertz CT molecular complexity index is 637. The molecule has 1 heterocycles. The van der Waals surface area contributed by atoms with Crippen molar-refractivity contribution in [1.82, 2.24) is 9.97 Å². The first-order valence-corrected chi connectivity index (χ1v) is 6.47. The van der Waals surface area contributed by atoms with Crippen molar-refractivity contribution in [3.63, 3.8) is 0 Å². The largest absolute Gasteiger partial charge is 0.464 e. The van der Waals surface area contributed by atoms with E-state index < -0.39 is 5.97 Å². The Morgan fingerprint density at radius 2 is 2.25 bits per heavy atom. The van der Waals surface area contributed by atoms with Gasteiger partial charge in [0.25, 0.3) is 0 Å². The van der Waals surface area contributed by atoms with Gasteiger partial charge < -0.3 is 10.1 Å². The first-order chi connectivity index (χ1) is 9.60. The Morgan fingerprint density at radius 1 is 1.45 bits per heavy atom. The van der Waals surface area contributed by atoms with E-state index in [0.29, 0.717) is 11.4 Å². The summed E-state index contributed by atoms with van der Waals surface area (Å²) in [5.41, 5.74) is 0.567. The topological polar surface area (TPSA) is 64.1 Å². The molecule has 0 saturated carbocycles. The van der Waals surface area contributed by atoms with Gasteiger partial charge in [-0.25, -0.2) is 14.2 Å². The molecule has 0 fully saturated rings. The van der Waals surface area contributed by atoms with Gasteiger partial charge in [0.2, 0.25) is 0 Å². The molecule has 1 aromatic carbocycles. The molecule has 0 aliphatic heterocycles. The lowest BCUT2D eigenvalue weighted by molar-refractivity contribution is 0.0593. The minimum Gasteiger partial charge on any atom is -0.464 e. The standard InChI is InChI=1S/C13H11BrFN3O2/c1-20-13(19)11-6-16-7-12(18-11)17-5-8-4-9(14)2-3-10(8)15/h2-4,6-7H,5H2,1H3,(H,17,18). The number of rotatable bonds is 4. The molecule has 1 N–H and O–H groups in total. The molecule has 0 atom stereocenters. The van der Waals surface area contributed by atoms with Crippen LogP contribution in [-0.4, -0.2) is 23.0 Å². The van der Waals surface area contributed by atoms with Crippen molar-refractivity contribution in [2.75, 3.05) is 12.4 Å². The number of anilines is 1. The van der Waals surface area contributed by atoms with E-state index in [-0.39, 0.29) is 18.1 Å². The summed E-state index contributed by atoms with van der Waals surface area (Å²) in [6.07, 6.45) is 2.75. The summed E-state index contributed by atoms with van der Waals surface area (Å²) in [5.74, 6) is -0.528. The first-order valence-electron chi connectivity index (χ1n) is 5.68. The van der Waals surface area contributed by atoms with Crippen molar-refractivity contribution >= 4 is 27.7 Å². The van der Waals surface area contributed by atoms with Crippen molar-refractivity contribution in [2.24, 2.45) is 0 Å². The maximum atomic E-state index is 13.6. The highest BCUT2D eigenvalue weighted by molar-refractivity contribution is 9.10. The van der Waals surface area contributed by atoms with Crippen molar-refractivity contribution < 1.29 is 13.9 Å². The third-order valence-electron chi connectivity index (χ3n) is 2.50. The van der Waals surface area contributed by atoms with Gasteiger partial charge in [-0.05, 0) is 18.2 Å². The Hall–Kier alpha value is -2.02. The van der Waals surface area contributed by atoms with E-state index in [4.69, 9.17) is 0 Å². The third kappa shape index (κ3) is 3.51. The Morgan fingerprint density at radius 3 is 3.00 bits per heavy atom. The van der Waals surface area contributed by atoms with Crippen LogP contribution in [0, 0.1) is 5.82 Å². The van der Waals surface area contributed by atoms with Gasteiger partial charge in [0.05, 0.1) is 19.5 Å². The van der Waals surface area contributed by atoms with Crippen LogP contribution in [0.15, 0.2) is 35.1 Å². The molecule has 2 rings (SSSR count). The third-order valence-corrected chi connectivity index (χ3v) is 2.99. The maximum Gasteiger partial charge on any atom is 0.358 e. The minimum absolute atomic E-state index is 0.0900. The van der Waals surface area contributed by atoms with E-state index in [1.54, 1.807) is 12.1 Å². The zero-order valence-electron chi connectivity index (χ0n) is 10.6. The molecular weight excluding hydrogens is 329 g/mol. The van der Waals surface area contributed by atoms with Crippen molar-refractivity contribution in [3.05, 3.63) is 52.1 Å². The average molecular weight is 340 g/mol. The average Bonchev–Trinajstić information content (AvgIpc) is 2.47. The number of nitrogens with zero attached hydrogens (tertiary/aromatic N) is 2. The fourth-order valence-corrected chi connectivity index (χ4v) is 1.93. The van der Waals surface area contributed by atoms with E-state index in [9.17, 15) is 9.18 Å². The lowest BCUT2D eigenvalue weighted by Crippen LogP contribution is -2.09. The highest BCUT2D eigenvalue weighted by Gasteiger charge is 2.09. The van der Waals surface area contributed by atoms with E-state index in [0.717, 1.165) is 4.47 Å². The van der Waals surface area contributed by atoms with Gasteiger partial charge in [-0.2, -0.15) is 0 Å². The molecule has 20 heavy (non-hydrogen) atoms. The monoisotopic (exact) mass is 339 g/mol. The van der Waals surface area contributed by atoms with Crippen molar-refractivity contribution in [1.29, 1.82) is 0 Å². The number of hydrogen-bond donors (Lipinski definition) is 1. The molecule has 0 spiro atoms. The maximum absolute atomic E-state index is 13.6. The fourth-order valence-electron chi connectivity index (χ4n) is 1.52. The van der Waals surface area contributed by atoms with Crippen LogP contribution < -0.4 is 5.32 Å². The van der Waals surface area contributed by atoms with Gasteiger partial charge >= 0.3 is 5.97 Å². The summed E-state index contributed by atoms with van der Waals surface area (Å²) in [6.45, 7) is 0.227. The van der Waals surface area contributed by atoms with E-state index in [2.05, 4.69) is 36.0 Å². The Labute approximate surface area is 123 Å². The molecule has 5 nitrogen and oxygen atoms in total. The number of nitrogens with one attached hydrogen (secondary N) is 1. The number of halogens is 2. The van der Waals surface area contributed by atoms with E-state index >= 15 is 0 Å². The number of ether oxygens (including phenoxy) is 1. The van der Waals surface area contributed by atoms with Gasteiger partial charge in [-0.1, -0.05) is 15.9 Å². The molecular formula is C13H11BrFN3O2. The normalized spacial score (nSPS) is 10.2. The van der Waals surface area contributed by atoms with Crippen LogP contribution in [0.1, 0.15) is 16.1 Å². The second-order valence-electron chi connectivity index (χ2n) is 3.87. The summed E-state index contributed by atoms with van der Waals surface area (Å²) < 4.78 is 18.9. The van der Waals surface area contributed by atoms with Gasteiger partial charge in [0, 0.05) is 16.6 Å². The molecule has 0 aliphatic rings. The van der Waals surface area contributed by atoms with Crippen LogP contribution in [0.25, 0.3) is 0 Å². The van der Waals surface area contributed by atoms with Crippen LogP contribution in [0.2, 0.25) is 0 Å².